The summed E-state index contributed by atoms with van der Waals surface area (Å²) in [6.45, 7) is 15.8. The molecule has 3 aliphatic heterocycles. The molecule has 2 aromatic heterocycles. The van der Waals surface area contributed by atoms with Gasteiger partial charge in [-0.3, -0.25) is 38.9 Å². The van der Waals surface area contributed by atoms with Crippen molar-refractivity contribution in [3.05, 3.63) is 71.5 Å². The Morgan fingerprint density at radius 2 is 1.81 bits per heavy atom. The summed E-state index contributed by atoms with van der Waals surface area (Å²) in [5.74, 6) is -2.51. The number of aryl methyl sites for hydroxylation is 1. The lowest BCUT2D eigenvalue weighted by Crippen LogP contribution is -2.62. The second-order valence-corrected chi connectivity index (χ2v) is 19.9. The van der Waals surface area contributed by atoms with E-state index < -0.39 is 59.2 Å². The van der Waals surface area contributed by atoms with Crippen molar-refractivity contribution in [3.63, 3.8) is 0 Å². The first-order valence-electron chi connectivity index (χ1n) is 23.7. The number of phenols is 1. The number of aliphatic hydroxyl groups is 1. The van der Waals surface area contributed by atoms with Gasteiger partial charge in [0.2, 0.25) is 17.7 Å². The number of hydrogen-bond donors (Lipinski definition) is 4. The molecule has 4 aromatic rings. The van der Waals surface area contributed by atoms with Gasteiger partial charge >= 0.3 is 5.97 Å². The molecule has 67 heavy (non-hydrogen) atoms. The normalized spacial score (nSPS) is 21.2. The predicted octanol–water partition coefficient (Wildman–Crippen LogP) is 4.49. The number of amides is 4. The van der Waals surface area contributed by atoms with Gasteiger partial charge in [0, 0.05) is 74.8 Å². The van der Waals surface area contributed by atoms with Crippen LogP contribution in [0, 0.1) is 11.3 Å². The number of β-amino-alcohol motifs (C(OH)–C–C–N with tert-alkyl or cyclic N) is 1. The molecule has 2 aromatic carbocycles. The van der Waals surface area contributed by atoms with Gasteiger partial charge in [-0.05, 0) is 96.7 Å². The molecule has 3 aliphatic rings. The number of hydrazine groups is 1. The number of fused-ring (bicyclic) bond motifs is 6. The van der Waals surface area contributed by atoms with Gasteiger partial charge in [0.25, 0.3) is 5.91 Å². The number of nitrogens with zero attached hydrogens (tertiary/aromatic N) is 6. The Balaban J connectivity index is 1.27. The largest absolute Gasteiger partial charge is 0.508 e. The monoisotopic (exact) mass is 921 g/mol. The molecule has 16 nitrogen and oxygen atoms in total. The predicted molar refractivity (Wildman–Crippen MR) is 255 cm³/mol. The quantitative estimate of drug-likeness (QED) is 0.116. The van der Waals surface area contributed by atoms with Crippen LogP contribution in [0.2, 0.25) is 0 Å². The van der Waals surface area contributed by atoms with Gasteiger partial charge in [0.15, 0.2) is 0 Å². The number of nitrogens with one attached hydrogen (secondary N) is 2. The number of aliphatic hydroxyl groups excluding tert-OH is 1. The number of pyridine rings is 1. The number of likely N-dealkylation sites (N-methyl/N-ethyl adjacent to an activating group) is 2. The number of benzene rings is 2. The van der Waals surface area contributed by atoms with Gasteiger partial charge in [-0.15, -0.1) is 0 Å². The molecule has 6 bridgehead atoms. The Kier molecular flexibility index (Phi) is 14.8. The fraction of sp³-hybridized carbons (Fsp3) is 0.529. The van der Waals surface area contributed by atoms with Crippen LogP contribution in [0.25, 0.3) is 33.3 Å². The van der Waals surface area contributed by atoms with Crippen molar-refractivity contribution in [1.29, 1.82) is 0 Å². The van der Waals surface area contributed by atoms with E-state index in [0.29, 0.717) is 44.5 Å². The molecular weight excluding hydrogens is 853 g/mol. The maximum Gasteiger partial charge on any atom is 0.324 e. The molecule has 1 unspecified atom stereocenters. The molecule has 5 atom stereocenters. The molecule has 16 heteroatoms. The topological polar surface area (TPSA) is 190 Å². The van der Waals surface area contributed by atoms with Gasteiger partial charge in [0.05, 0.1) is 31.1 Å². The van der Waals surface area contributed by atoms with Crippen molar-refractivity contribution in [2.24, 2.45) is 11.3 Å². The zero-order valence-corrected chi connectivity index (χ0v) is 40.5. The van der Waals surface area contributed by atoms with Crippen molar-refractivity contribution >= 4 is 40.5 Å². The van der Waals surface area contributed by atoms with Crippen LogP contribution in [0.3, 0.4) is 0 Å². The molecule has 0 saturated carbocycles. The fourth-order valence-electron chi connectivity index (χ4n) is 9.86. The lowest BCUT2D eigenvalue weighted by Gasteiger charge is -2.37. The molecule has 360 valence electrons. The van der Waals surface area contributed by atoms with E-state index in [1.165, 1.54) is 28.9 Å². The summed E-state index contributed by atoms with van der Waals surface area (Å²) in [5, 5.41) is 26.0. The standard InChI is InChI=1S/C51H68N8O8/c1-10-58-41-16-15-33-25-37(41)38(46(58)36-13-11-17-52-44(36)30(2)3)26-51(6,7)29-67-50(66)39-14-12-18-59(54-39)48(64)40(23-32-21-34(33)24-35(61)22-32)53-47(63)45(31(4)5)56(9)43(62)28-55(8)49(65)42-27-57(42)19-20-60/h11,13,15-17,21-22,24-25,30-31,39-40,42,45,54,60-61H,10,12,14,18-20,23,26-29H2,1-9H3,(H,53,63)/t39-,40-,42-,45-,57?/m0/s1. The molecular formula is C51H68N8O8. The number of hydrogen-bond acceptors (Lipinski definition) is 11. The maximum atomic E-state index is 14.7. The van der Waals surface area contributed by atoms with E-state index in [1.54, 1.807) is 26.0 Å². The first-order valence-corrected chi connectivity index (χ1v) is 23.7. The van der Waals surface area contributed by atoms with Crippen LogP contribution in [0.15, 0.2) is 54.7 Å². The summed E-state index contributed by atoms with van der Waals surface area (Å²) >= 11 is 0. The van der Waals surface area contributed by atoms with Crippen LogP contribution in [-0.4, -0.2) is 147 Å². The van der Waals surface area contributed by atoms with Crippen molar-refractivity contribution in [2.75, 3.05) is 53.5 Å². The lowest BCUT2D eigenvalue weighted by atomic mass is 9.83. The van der Waals surface area contributed by atoms with Crippen LogP contribution in [-0.2, 0) is 48.1 Å². The summed E-state index contributed by atoms with van der Waals surface area (Å²) in [7, 11) is 3.05. The van der Waals surface area contributed by atoms with Gasteiger partial charge in [-0.1, -0.05) is 53.7 Å². The summed E-state index contributed by atoms with van der Waals surface area (Å²) in [6.07, 6.45) is 3.31. The molecule has 4 N–H and O–H groups in total. The van der Waals surface area contributed by atoms with Crippen molar-refractivity contribution < 1.29 is 38.9 Å². The Morgan fingerprint density at radius 3 is 2.51 bits per heavy atom. The first kappa shape index (κ1) is 49.1. The van der Waals surface area contributed by atoms with Gasteiger partial charge < -0.3 is 34.6 Å². The van der Waals surface area contributed by atoms with Crippen LogP contribution >= 0.6 is 0 Å². The molecule has 5 heterocycles. The minimum absolute atomic E-state index is 0.0155. The zero-order chi connectivity index (χ0) is 48.5. The van der Waals surface area contributed by atoms with E-state index in [2.05, 4.69) is 68.1 Å². The van der Waals surface area contributed by atoms with Gasteiger partial charge in [-0.2, -0.15) is 0 Å². The highest BCUT2D eigenvalue weighted by molar-refractivity contribution is 5.96. The molecule has 0 radical (unpaired) electrons. The van der Waals surface area contributed by atoms with Gasteiger partial charge in [0.1, 0.15) is 29.9 Å². The Labute approximate surface area is 393 Å². The van der Waals surface area contributed by atoms with Crippen LogP contribution in [0.1, 0.15) is 84.0 Å². The SMILES string of the molecule is CCn1c(-c2cccnc2C(C)C)c2c3cc(ccc31)-c1cc(O)cc(c1)C[C@H](NC(=O)[C@H](C(C)C)N(C)C(=O)CN(C)C(=O)[C@@H]1CN1CCO)C(=O)N1CCC[C@H](N1)C(=O)OCC(C)(C)C2. The Hall–Kier alpha value is -5.84. The third-order valence-corrected chi connectivity index (χ3v) is 13.3. The third kappa shape index (κ3) is 10.7. The zero-order valence-electron chi connectivity index (χ0n) is 40.5. The van der Waals surface area contributed by atoms with E-state index in [-0.39, 0.29) is 50.3 Å². The molecule has 0 aliphatic carbocycles. The number of aromatic hydroxyl groups is 1. The molecule has 4 amide bonds. The Morgan fingerprint density at radius 1 is 1.04 bits per heavy atom. The minimum Gasteiger partial charge on any atom is -0.508 e. The second-order valence-electron chi connectivity index (χ2n) is 19.9. The number of carbonyl (C=O) groups excluding carboxylic acids is 5. The van der Waals surface area contributed by atoms with E-state index in [1.807, 2.05) is 29.3 Å². The van der Waals surface area contributed by atoms with E-state index in [0.717, 1.165) is 44.5 Å². The molecule has 2 fully saturated rings. The van der Waals surface area contributed by atoms with E-state index >= 15 is 0 Å². The summed E-state index contributed by atoms with van der Waals surface area (Å²) in [4.78, 5) is 79.2. The van der Waals surface area contributed by atoms with E-state index in [9.17, 15) is 34.2 Å². The average molecular weight is 921 g/mol. The summed E-state index contributed by atoms with van der Waals surface area (Å²) in [5.41, 5.74) is 9.95. The van der Waals surface area contributed by atoms with Crippen molar-refractivity contribution in [2.45, 2.75) is 111 Å². The average Bonchev–Trinajstić information content (AvgIpc) is 4.00. The highest BCUT2D eigenvalue weighted by Gasteiger charge is 2.43. The second kappa shape index (κ2) is 20.2. The number of phenolic OH excluding ortho intramolecular Hbond substituents is 1. The highest BCUT2D eigenvalue weighted by atomic mass is 16.5. The van der Waals surface area contributed by atoms with Gasteiger partial charge in [-0.25, -0.2) is 5.43 Å². The minimum atomic E-state index is -1.19. The third-order valence-electron chi connectivity index (χ3n) is 13.3. The van der Waals surface area contributed by atoms with Crippen molar-refractivity contribution in [1.82, 2.24) is 40.0 Å². The first-order chi connectivity index (χ1) is 31.8. The molecule has 0 spiro atoms. The number of aromatic nitrogens is 2. The maximum absolute atomic E-state index is 14.7. The fourth-order valence-corrected chi connectivity index (χ4v) is 9.86. The number of esters is 1. The van der Waals surface area contributed by atoms with Crippen LogP contribution < -0.4 is 10.7 Å². The summed E-state index contributed by atoms with van der Waals surface area (Å²) < 4.78 is 8.43. The van der Waals surface area contributed by atoms with Crippen LogP contribution in [0.5, 0.6) is 5.75 Å². The number of rotatable bonds is 12. The number of carbonyl (C=O) groups is 5. The molecule has 2 saturated heterocycles. The number of ether oxygens (including phenoxy) is 1. The van der Waals surface area contributed by atoms with Crippen LogP contribution in [0.4, 0.5) is 0 Å². The van der Waals surface area contributed by atoms with Crippen molar-refractivity contribution in [3.8, 4) is 28.1 Å². The highest BCUT2D eigenvalue weighted by Crippen LogP contribution is 2.42. The molecule has 7 rings (SSSR count). The number of cyclic esters (lactones) is 1. The summed E-state index contributed by atoms with van der Waals surface area (Å²) in [6, 6.07) is 12.1. The lowest BCUT2D eigenvalue weighted by molar-refractivity contribution is -0.155. The smallest absolute Gasteiger partial charge is 0.324 e. The van der Waals surface area contributed by atoms with E-state index in [4.69, 9.17) is 9.72 Å². The Bertz CT molecular complexity index is 2520.